The number of hydrogen-bond donors (Lipinski definition) is 2. The number of carbonyl (C=O) groups excluding carboxylic acids is 3. The van der Waals surface area contributed by atoms with Crippen LogP contribution >= 0.6 is 15.9 Å². The molecule has 11 heteroatoms. The minimum absolute atomic E-state index is 0.00456. The Hall–Kier alpha value is -2.93. The fraction of sp³-hybridized carbons (Fsp3) is 0.433. The van der Waals surface area contributed by atoms with E-state index >= 15 is 0 Å². The van der Waals surface area contributed by atoms with E-state index in [4.69, 9.17) is 18.9 Å². The molecule has 0 unspecified atom stereocenters. The Morgan fingerprint density at radius 2 is 1.83 bits per heavy atom. The quantitative estimate of drug-likeness (QED) is 0.318. The van der Waals surface area contributed by atoms with Gasteiger partial charge < -0.3 is 29.2 Å². The molecule has 2 heterocycles. The molecule has 0 aliphatic carbocycles. The Bertz CT molecular complexity index is 1220. The first kappa shape index (κ1) is 31.0. The largest absolute Gasteiger partial charge is 0.446 e. The van der Waals surface area contributed by atoms with Gasteiger partial charge in [0.25, 0.3) is 0 Å². The molecule has 0 saturated carbocycles. The van der Waals surface area contributed by atoms with Crippen molar-refractivity contribution in [2.24, 2.45) is 5.92 Å². The van der Waals surface area contributed by atoms with Crippen LogP contribution in [0, 0.1) is 5.92 Å². The molecule has 2 aromatic rings. The monoisotopic (exact) mass is 631 g/mol. The van der Waals surface area contributed by atoms with Crippen LogP contribution in [0.2, 0.25) is 0 Å². The average molecular weight is 633 g/mol. The van der Waals surface area contributed by atoms with Crippen molar-refractivity contribution in [1.29, 1.82) is 0 Å². The lowest BCUT2D eigenvalue weighted by atomic mass is 9.93. The minimum Gasteiger partial charge on any atom is -0.446 e. The number of hydrogen-bond acceptors (Lipinski definition) is 9. The first-order chi connectivity index (χ1) is 19.7. The summed E-state index contributed by atoms with van der Waals surface area (Å²) in [5.41, 5.74) is 1.70. The van der Waals surface area contributed by atoms with Gasteiger partial charge >= 0.3 is 6.09 Å². The predicted molar refractivity (Wildman–Crippen MR) is 151 cm³/mol. The highest BCUT2D eigenvalue weighted by Crippen LogP contribution is 2.37. The van der Waals surface area contributed by atoms with Crippen molar-refractivity contribution >= 4 is 33.7 Å². The SMILES string of the molecule is C[C@H](C(=O)N1C(=O)OC[C@@H]1c1ccccc1)[C@H]1O[C@](O)(CCCOC[C@@H](CO)OCc2ccccc2)C(Br)=CC1=O. The van der Waals surface area contributed by atoms with E-state index in [-0.39, 0.29) is 37.3 Å². The Morgan fingerprint density at radius 3 is 2.51 bits per heavy atom. The molecule has 0 spiro atoms. The molecule has 5 atom stereocenters. The topological polar surface area (TPSA) is 132 Å². The molecule has 1 fully saturated rings. The lowest BCUT2D eigenvalue weighted by Gasteiger charge is -2.37. The number of halogens is 1. The summed E-state index contributed by atoms with van der Waals surface area (Å²) >= 11 is 3.23. The Labute approximate surface area is 247 Å². The molecular weight excluding hydrogens is 598 g/mol. The summed E-state index contributed by atoms with van der Waals surface area (Å²) in [6.07, 6.45) is -1.02. The van der Waals surface area contributed by atoms with Crippen LogP contribution in [0.4, 0.5) is 4.79 Å². The van der Waals surface area contributed by atoms with Crippen molar-refractivity contribution in [3.63, 3.8) is 0 Å². The highest BCUT2D eigenvalue weighted by atomic mass is 79.9. The van der Waals surface area contributed by atoms with Crippen molar-refractivity contribution in [2.75, 3.05) is 26.4 Å². The third-order valence-corrected chi connectivity index (χ3v) is 7.87. The van der Waals surface area contributed by atoms with E-state index in [1.165, 1.54) is 13.0 Å². The van der Waals surface area contributed by atoms with E-state index < -0.39 is 47.7 Å². The number of aliphatic hydroxyl groups excluding tert-OH is 1. The van der Waals surface area contributed by atoms with Crippen LogP contribution in [0.15, 0.2) is 71.2 Å². The summed E-state index contributed by atoms with van der Waals surface area (Å²) in [5, 5.41) is 20.8. The Balaban J connectivity index is 1.31. The second-order valence-corrected chi connectivity index (χ2v) is 10.9. The Morgan fingerprint density at radius 1 is 1.15 bits per heavy atom. The van der Waals surface area contributed by atoms with Crippen LogP contribution < -0.4 is 0 Å². The van der Waals surface area contributed by atoms with Crippen LogP contribution in [0.1, 0.15) is 36.9 Å². The standard InChI is InChI=1S/C30H34BrNO9/c1-20(28(35)32-24(19-40-29(32)36)22-11-6-3-7-12-22)27-25(34)15-26(31)30(37,41-27)13-8-14-38-18-23(16-33)39-17-21-9-4-2-5-10-21/h2-7,9-12,15,20,23-24,27,33,37H,8,13-14,16-19H2,1H3/t20-,23+,24+,27+,30+/m0/s1. The Kier molecular flexibility index (Phi) is 10.8. The molecule has 41 heavy (non-hydrogen) atoms. The number of cyclic esters (lactones) is 1. The smallest absolute Gasteiger partial charge is 0.417 e. The van der Waals surface area contributed by atoms with Gasteiger partial charge in [-0.2, -0.15) is 0 Å². The van der Waals surface area contributed by atoms with E-state index in [2.05, 4.69) is 15.9 Å². The van der Waals surface area contributed by atoms with Crippen LogP contribution in [0.3, 0.4) is 0 Å². The maximum atomic E-state index is 13.4. The second-order valence-electron chi connectivity index (χ2n) is 10.00. The predicted octanol–water partition coefficient (Wildman–Crippen LogP) is 3.65. The summed E-state index contributed by atoms with van der Waals surface area (Å²) in [7, 11) is 0. The molecule has 2 N–H and O–H groups in total. The molecule has 10 nitrogen and oxygen atoms in total. The summed E-state index contributed by atoms with van der Waals surface area (Å²) in [6.45, 7) is 2.00. The molecule has 4 rings (SSSR count). The maximum Gasteiger partial charge on any atom is 0.417 e. The van der Waals surface area contributed by atoms with Gasteiger partial charge in [-0.05, 0) is 39.6 Å². The van der Waals surface area contributed by atoms with Crippen molar-refractivity contribution in [1.82, 2.24) is 4.90 Å². The van der Waals surface area contributed by atoms with E-state index in [0.29, 0.717) is 13.0 Å². The number of ketones is 1. The van der Waals surface area contributed by atoms with E-state index in [0.717, 1.165) is 16.0 Å². The van der Waals surface area contributed by atoms with Crippen molar-refractivity contribution in [3.05, 3.63) is 82.3 Å². The number of rotatable bonds is 13. The summed E-state index contributed by atoms with van der Waals surface area (Å²) in [5.74, 6) is -4.10. The molecule has 2 aliphatic heterocycles. The number of imide groups is 1. The fourth-order valence-electron chi connectivity index (χ4n) is 4.68. The summed E-state index contributed by atoms with van der Waals surface area (Å²) in [4.78, 5) is 39.8. The lowest BCUT2D eigenvalue weighted by molar-refractivity contribution is -0.218. The van der Waals surface area contributed by atoms with Gasteiger partial charge in [-0.25, -0.2) is 9.69 Å². The van der Waals surface area contributed by atoms with E-state index in [1.807, 2.05) is 36.4 Å². The van der Waals surface area contributed by atoms with Gasteiger partial charge in [0.1, 0.15) is 24.9 Å². The van der Waals surface area contributed by atoms with Crippen LogP contribution in [0.5, 0.6) is 0 Å². The van der Waals surface area contributed by atoms with Crippen molar-refractivity contribution in [2.45, 2.75) is 50.4 Å². The molecule has 0 bridgehead atoms. The zero-order valence-corrected chi connectivity index (χ0v) is 24.3. The van der Waals surface area contributed by atoms with Crippen molar-refractivity contribution < 1.29 is 43.5 Å². The van der Waals surface area contributed by atoms with Gasteiger partial charge in [-0.15, -0.1) is 0 Å². The number of aliphatic hydroxyl groups is 2. The molecule has 0 radical (unpaired) electrons. The molecule has 1 saturated heterocycles. The summed E-state index contributed by atoms with van der Waals surface area (Å²) in [6, 6.07) is 18.0. The first-order valence-corrected chi connectivity index (χ1v) is 14.2. The van der Waals surface area contributed by atoms with E-state index in [9.17, 15) is 24.6 Å². The third-order valence-electron chi connectivity index (χ3n) is 7.02. The molecule has 2 aromatic carbocycles. The average Bonchev–Trinajstić information content (AvgIpc) is 3.38. The van der Waals surface area contributed by atoms with Crippen LogP contribution in [0.25, 0.3) is 0 Å². The number of benzene rings is 2. The normalized spacial score (nSPS) is 24.1. The molecule has 2 amide bonds. The van der Waals surface area contributed by atoms with Gasteiger partial charge in [0.2, 0.25) is 5.91 Å². The van der Waals surface area contributed by atoms with Gasteiger partial charge in [0, 0.05) is 13.0 Å². The molecule has 2 aliphatic rings. The zero-order valence-electron chi connectivity index (χ0n) is 22.7. The molecule has 220 valence electrons. The number of ether oxygens (including phenoxy) is 4. The first-order valence-electron chi connectivity index (χ1n) is 13.4. The van der Waals surface area contributed by atoms with E-state index in [1.54, 1.807) is 24.3 Å². The highest BCUT2D eigenvalue weighted by Gasteiger charge is 2.48. The lowest BCUT2D eigenvalue weighted by Crippen LogP contribution is -2.51. The number of nitrogens with zero attached hydrogens (tertiary/aromatic N) is 1. The maximum absolute atomic E-state index is 13.4. The highest BCUT2D eigenvalue weighted by molar-refractivity contribution is 9.11. The number of carbonyl (C=O) groups is 3. The third kappa shape index (κ3) is 7.68. The number of amides is 2. The molecular formula is C30H34BrNO9. The van der Waals surface area contributed by atoms with Crippen LogP contribution in [-0.4, -0.2) is 77.3 Å². The van der Waals surface area contributed by atoms with Crippen molar-refractivity contribution in [3.8, 4) is 0 Å². The molecule has 0 aromatic heterocycles. The van der Waals surface area contributed by atoms with Gasteiger partial charge in [0.15, 0.2) is 11.6 Å². The van der Waals surface area contributed by atoms with Crippen LogP contribution in [-0.2, 0) is 35.1 Å². The minimum atomic E-state index is -1.87. The van der Waals surface area contributed by atoms with Gasteiger partial charge in [-0.3, -0.25) is 9.59 Å². The van der Waals surface area contributed by atoms with Gasteiger partial charge in [-0.1, -0.05) is 67.6 Å². The zero-order chi connectivity index (χ0) is 29.4. The summed E-state index contributed by atoms with van der Waals surface area (Å²) < 4.78 is 22.5. The fourth-order valence-corrected chi connectivity index (χ4v) is 5.19. The van der Waals surface area contributed by atoms with Gasteiger partial charge in [0.05, 0.1) is 30.2 Å². The second kappa shape index (κ2) is 14.3.